The molecule has 1 aromatic heterocycles. The van der Waals surface area contributed by atoms with Gasteiger partial charge in [0.05, 0.1) is 29.8 Å². The molecule has 8 heteroatoms. The Morgan fingerprint density at radius 2 is 1.85 bits per heavy atom. The van der Waals surface area contributed by atoms with E-state index in [1.165, 1.54) is 6.08 Å². The van der Waals surface area contributed by atoms with Gasteiger partial charge in [0.2, 0.25) is 5.91 Å². The van der Waals surface area contributed by atoms with E-state index in [1.807, 2.05) is 24.4 Å². The van der Waals surface area contributed by atoms with Crippen molar-refractivity contribution in [3.05, 3.63) is 59.0 Å². The molecule has 1 heterocycles. The lowest BCUT2D eigenvalue weighted by Crippen LogP contribution is -2.42. The quantitative estimate of drug-likeness (QED) is 0.402. The van der Waals surface area contributed by atoms with Crippen LogP contribution in [0.2, 0.25) is 10.0 Å². The smallest absolute Gasteiger partial charge is 0.243 e. The van der Waals surface area contributed by atoms with E-state index in [9.17, 15) is 4.79 Å². The van der Waals surface area contributed by atoms with Gasteiger partial charge in [0, 0.05) is 35.7 Å². The lowest BCUT2D eigenvalue weighted by atomic mass is 9.82. The highest BCUT2D eigenvalue weighted by molar-refractivity contribution is 6.41. The molecule has 3 aromatic rings. The largest absolute Gasteiger partial charge is 0.495 e. The van der Waals surface area contributed by atoms with Crippen LogP contribution >= 0.6 is 23.2 Å². The highest BCUT2D eigenvalue weighted by Crippen LogP contribution is 2.46. The molecule has 34 heavy (non-hydrogen) atoms. The number of nitrogens with one attached hydrogen (secondary N) is 1. The van der Waals surface area contributed by atoms with Crippen molar-refractivity contribution in [1.29, 1.82) is 0 Å². The maximum atomic E-state index is 11.8. The molecule has 6 nitrogen and oxygen atoms in total. The van der Waals surface area contributed by atoms with Crippen LogP contribution in [0.4, 0.5) is 0 Å². The molecule has 2 atom stereocenters. The van der Waals surface area contributed by atoms with Gasteiger partial charge in [-0.05, 0) is 42.5 Å². The van der Waals surface area contributed by atoms with E-state index in [0.29, 0.717) is 39.4 Å². The number of hydrogen-bond donors (Lipinski definition) is 1. The molecule has 0 radical (unpaired) electrons. The molecule has 0 aliphatic heterocycles. The maximum Gasteiger partial charge on any atom is 0.243 e. The first kappa shape index (κ1) is 24.3. The van der Waals surface area contributed by atoms with Gasteiger partial charge < -0.3 is 14.8 Å². The van der Waals surface area contributed by atoms with E-state index in [2.05, 4.69) is 16.9 Å². The highest BCUT2D eigenvalue weighted by atomic mass is 35.5. The van der Waals surface area contributed by atoms with Crippen LogP contribution in [0.1, 0.15) is 31.5 Å². The molecule has 0 saturated heterocycles. The molecule has 1 aliphatic rings. The fourth-order valence-electron chi connectivity index (χ4n) is 4.58. The highest BCUT2D eigenvalue weighted by Gasteiger charge is 2.27. The molecule has 2 aromatic carbocycles. The van der Waals surface area contributed by atoms with Crippen LogP contribution in [-0.4, -0.2) is 36.1 Å². The van der Waals surface area contributed by atoms with Gasteiger partial charge in [-0.3, -0.25) is 4.79 Å². The molecule has 1 fully saturated rings. The van der Waals surface area contributed by atoms with Crippen molar-refractivity contribution >= 4 is 40.0 Å². The first-order chi connectivity index (χ1) is 16.4. The molecule has 0 spiro atoms. The monoisotopic (exact) mass is 499 g/mol. The van der Waals surface area contributed by atoms with E-state index in [1.54, 1.807) is 20.3 Å². The normalized spacial score (nSPS) is 17.9. The van der Waals surface area contributed by atoms with Crippen LogP contribution in [0, 0.1) is 5.92 Å². The topological polar surface area (TPSA) is 73.3 Å². The van der Waals surface area contributed by atoms with E-state index < -0.39 is 0 Å². The van der Waals surface area contributed by atoms with Gasteiger partial charge in [0.15, 0.2) is 0 Å². The summed E-state index contributed by atoms with van der Waals surface area (Å²) in [4.78, 5) is 21.2. The number of amides is 1. The Balaban J connectivity index is 1.63. The van der Waals surface area contributed by atoms with E-state index in [4.69, 9.17) is 37.7 Å². The van der Waals surface area contributed by atoms with Crippen LogP contribution in [0.15, 0.2) is 43.1 Å². The summed E-state index contributed by atoms with van der Waals surface area (Å²) in [6, 6.07) is 7.61. The minimum Gasteiger partial charge on any atom is -0.495 e. The summed E-state index contributed by atoms with van der Waals surface area (Å²) in [5.41, 5.74) is 2.28. The van der Waals surface area contributed by atoms with Gasteiger partial charge in [0.1, 0.15) is 17.3 Å². The van der Waals surface area contributed by atoms with Gasteiger partial charge >= 0.3 is 0 Å². The van der Waals surface area contributed by atoms with E-state index in [0.717, 1.165) is 48.0 Å². The molecule has 1 aliphatic carbocycles. The fourth-order valence-corrected chi connectivity index (χ4v) is 5.30. The third kappa shape index (κ3) is 4.98. The predicted molar refractivity (Wildman–Crippen MR) is 136 cm³/mol. The van der Waals surface area contributed by atoms with Crippen molar-refractivity contribution in [3.8, 4) is 22.6 Å². The SMILES string of the molecule is C=CC(=O)N[C@H]1CCCC[C@H]1Cc1ncc2cc(-c3c(Cl)c(OC)cc(OC)c3Cl)ccc2n1. The van der Waals surface area contributed by atoms with Crippen LogP contribution in [0.5, 0.6) is 11.5 Å². The molecule has 178 valence electrons. The summed E-state index contributed by atoms with van der Waals surface area (Å²) in [6.07, 6.45) is 8.12. The third-order valence-electron chi connectivity index (χ3n) is 6.36. The second-order valence-corrected chi connectivity index (χ2v) is 9.17. The van der Waals surface area contributed by atoms with E-state index in [-0.39, 0.29) is 11.9 Å². The molecule has 1 saturated carbocycles. The van der Waals surface area contributed by atoms with Crippen molar-refractivity contribution in [3.63, 3.8) is 0 Å². The Morgan fingerprint density at radius 3 is 2.53 bits per heavy atom. The van der Waals surface area contributed by atoms with Crippen molar-refractivity contribution in [2.75, 3.05) is 14.2 Å². The van der Waals surface area contributed by atoms with Crippen molar-refractivity contribution < 1.29 is 14.3 Å². The number of hydrogen-bond acceptors (Lipinski definition) is 5. The standard InChI is InChI=1S/C26H27Cl2N3O3/c1-4-23(32)31-18-8-6-5-7-15(18)12-22-29-14-17-11-16(9-10-19(17)30-22)24-25(27)20(33-2)13-21(34-3)26(24)28/h4,9-11,13-15,18H,1,5-8,12H2,2-3H3,(H,31,32)/t15-,18-/m0/s1. The van der Waals surface area contributed by atoms with Crippen molar-refractivity contribution in [2.45, 2.75) is 38.1 Å². The number of aromatic nitrogens is 2. The number of benzene rings is 2. The van der Waals surface area contributed by atoms with Gasteiger partial charge in [-0.15, -0.1) is 0 Å². The number of ether oxygens (including phenoxy) is 2. The molecule has 1 amide bonds. The Labute approximate surface area is 209 Å². The molecule has 0 unspecified atom stereocenters. The molecule has 4 rings (SSSR count). The van der Waals surface area contributed by atoms with Gasteiger partial charge in [0.25, 0.3) is 0 Å². The van der Waals surface area contributed by atoms with Crippen LogP contribution in [0.25, 0.3) is 22.0 Å². The number of nitrogens with zero attached hydrogens (tertiary/aromatic N) is 2. The Morgan fingerprint density at radius 1 is 1.15 bits per heavy atom. The molecular weight excluding hydrogens is 473 g/mol. The average Bonchev–Trinajstić information content (AvgIpc) is 2.85. The average molecular weight is 500 g/mol. The van der Waals surface area contributed by atoms with Crippen molar-refractivity contribution in [2.24, 2.45) is 5.92 Å². The lowest BCUT2D eigenvalue weighted by Gasteiger charge is -2.31. The molecular formula is C26H27Cl2N3O3. The number of carbonyl (C=O) groups excluding carboxylic acids is 1. The zero-order valence-electron chi connectivity index (χ0n) is 19.2. The summed E-state index contributed by atoms with van der Waals surface area (Å²) in [5.74, 6) is 1.90. The number of rotatable bonds is 7. The Kier molecular flexibility index (Phi) is 7.59. The first-order valence-electron chi connectivity index (χ1n) is 11.2. The summed E-state index contributed by atoms with van der Waals surface area (Å²) < 4.78 is 10.8. The zero-order valence-corrected chi connectivity index (χ0v) is 20.7. The van der Waals surface area contributed by atoms with E-state index >= 15 is 0 Å². The third-order valence-corrected chi connectivity index (χ3v) is 7.11. The second-order valence-electron chi connectivity index (χ2n) is 8.41. The lowest BCUT2D eigenvalue weighted by molar-refractivity contribution is -0.117. The van der Waals surface area contributed by atoms with Gasteiger partial charge in [-0.2, -0.15) is 0 Å². The van der Waals surface area contributed by atoms with Crippen LogP contribution < -0.4 is 14.8 Å². The molecule has 0 bridgehead atoms. The summed E-state index contributed by atoms with van der Waals surface area (Å²) >= 11 is 13.2. The number of carbonyl (C=O) groups is 1. The Bertz CT molecular complexity index is 1200. The zero-order chi connectivity index (χ0) is 24.2. The first-order valence-corrected chi connectivity index (χ1v) is 12.0. The summed E-state index contributed by atoms with van der Waals surface area (Å²) in [5, 5.41) is 4.77. The maximum absolute atomic E-state index is 11.8. The minimum absolute atomic E-state index is 0.119. The summed E-state index contributed by atoms with van der Waals surface area (Å²) in [6.45, 7) is 3.56. The fraction of sp³-hybridized carbons (Fsp3) is 0.346. The van der Waals surface area contributed by atoms with Crippen LogP contribution in [0.3, 0.4) is 0 Å². The number of halogens is 2. The molecule has 1 N–H and O–H groups in total. The second kappa shape index (κ2) is 10.6. The predicted octanol–water partition coefficient (Wildman–Crippen LogP) is 6.02. The van der Waals surface area contributed by atoms with Crippen molar-refractivity contribution in [1.82, 2.24) is 15.3 Å². The Hall–Kier alpha value is -2.83. The van der Waals surface area contributed by atoms with Gasteiger partial charge in [-0.1, -0.05) is 48.7 Å². The van der Waals surface area contributed by atoms with Gasteiger partial charge in [-0.25, -0.2) is 9.97 Å². The minimum atomic E-state index is -0.129. The number of fused-ring (bicyclic) bond motifs is 1. The number of methoxy groups -OCH3 is 2. The summed E-state index contributed by atoms with van der Waals surface area (Å²) in [7, 11) is 3.10. The van der Waals surface area contributed by atoms with Crippen LogP contribution in [-0.2, 0) is 11.2 Å².